The van der Waals surface area contributed by atoms with Gasteiger partial charge in [0.05, 0.1) is 13.2 Å². The number of hydrogen-bond acceptors (Lipinski definition) is 1. The Balaban J connectivity index is 1.77. The summed E-state index contributed by atoms with van der Waals surface area (Å²) in [5.41, 5.74) is 13.4. The maximum absolute atomic E-state index is 5.99. The summed E-state index contributed by atoms with van der Waals surface area (Å²) in [4.78, 5) is 0. The highest BCUT2D eigenvalue weighted by Gasteiger charge is 2.24. The third kappa shape index (κ3) is 3.36. The molecule has 0 fully saturated rings. The lowest BCUT2D eigenvalue weighted by Gasteiger charge is -2.20. The third-order valence-electron chi connectivity index (χ3n) is 6.28. The van der Waals surface area contributed by atoms with Gasteiger partial charge in [0.25, 0.3) is 0 Å². The fourth-order valence-corrected chi connectivity index (χ4v) is 4.72. The van der Waals surface area contributed by atoms with Crippen molar-refractivity contribution in [3.8, 4) is 22.3 Å². The highest BCUT2D eigenvalue weighted by Crippen LogP contribution is 2.41. The molecule has 148 valence electrons. The van der Waals surface area contributed by atoms with Gasteiger partial charge in [0.15, 0.2) is 0 Å². The van der Waals surface area contributed by atoms with Crippen LogP contribution in [-0.2, 0) is 24.4 Å². The van der Waals surface area contributed by atoms with Gasteiger partial charge in [0.2, 0.25) is 0 Å². The topological polar surface area (TPSA) is 9.23 Å². The van der Waals surface area contributed by atoms with Crippen molar-refractivity contribution in [2.24, 2.45) is 0 Å². The molecule has 0 unspecified atom stereocenters. The Bertz CT molecular complexity index is 1170. The molecule has 0 saturated heterocycles. The van der Waals surface area contributed by atoms with Crippen molar-refractivity contribution in [3.05, 3.63) is 118 Å². The average molecular weight is 391 g/mol. The molecular weight excluding hydrogens is 364 g/mol. The fraction of sp³-hybridized carbons (Fsp3) is 0.172. The van der Waals surface area contributed by atoms with E-state index >= 15 is 0 Å². The number of hydrogen-bond donors (Lipinski definition) is 0. The zero-order chi connectivity index (χ0) is 20.5. The molecule has 0 radical (unpaired) electrons. The van der Waals surface area contributed by atoms with Crippen molar-refractivity contribution in [3.63, 3.8) is 0 Å². The predicted octanol–water partition coefficient (Wildman–Crippen LogP) is 7.26. The minimum absolute atomic E-state index is 0.681. The number of aryl methyl sites for hydroxylation is 2. The molecule has 1 heteroatoms. The van der Waals surface area contributed by atoms with Gasteiger partial charge in [-0.1, -0.05) is 78.9 Å². The molecule has 4 aromatic carbocycles. The van der Waals surface area contributed by atoms with Crippen molar-refractivity contribution in [2.45, 2.75) is 33.5 Å². The molecule has 0 spiro atoms. The molecule has 0 amide bonds. The molecule has 5 rings (SSSR count). The van der Waals surface area contributed by atoms with E-state index in [1.807, 2.05) is 0 Å². The largest absolute Gasteiger partial charge is 0.372 e. The Morgan fingerprint density at radius 3 is 1.93 bits per heavy atom. The van der Waals surface area contributed by atoms with Crippen molar-refractivity contribution in [1.29, 1.82) is 0 Å². The van der Waals surface area contributed by atoms with Crippen LogP contribution in [-0.4, -0.2) is 0 Å². The van der Waals surface area contributed by atoms with Crippen LogP contribution in [0, 0.1) is 13.8 Å². The van der Waals surface area contributed by atoms with Crippen LogP contribution in [0.5, 0.6) is 0 Å². The molecule has 0 N–H and O–H groups in total. The summed E-state index contributed by atoms with van der Waals surface area (Å²) in [7, 11) is 0. The van der Waals surface area contributed by atoms with E-state index in [1.165, 1.54) is 55.6 Å². The smallest absolute Gasteiger partial charge is 0.0731 e. The summed E-state index contributed by atoms with van der Waals surface area (Å²) in [5.74, 6) is 0. The van der Waals surface area contributed by atoms with E-state index in [9.17, 15) is 0 Å². The van der Waals surface area contributed by atoms with Crippen LogP contribution in [0.1, 0.15) is 33.4 Å². The maximum atomic E-state index is 5.99. The molecule has 30 heavy (non-hydrogen) atoms. The number of fused-ring (bicyclic) bond motifs is 1. The molecule has 0 aromatic heterocycles. The Morgan fingerprint density at radius 2 is 1.27 bits per heavy atom. The van der Waals surface area contributed by atoms with Gasteiger partial charge in [0, 0.05) is 0 Å². The highest BCUT2D eigenvalue weighted by molar-refractivity contribution is 5.81. The highest BCUT2D eigenvalue weighted by atomic mass is 16.5. The van der Waals surface area contributed by atoms with Crippen LogP contribution in [0.4, 0.5) is 0 Å². The first-order chi connectivity index (χ1) is 14.7. The summed E-state index contributed by atoms with van der Waals surface area (Å²) < 4.78 is 5.99. The summed E-state index contributed by atoms with van der Waals surface area (Å²) in [6.07, 6.45) is 0.926. The van der Waals surface area contributed by atoms with Crippen LogP contribution in [0.2, 0.25) is 0 Å². The second-order valence-electron chi connectivity index (χ2n) is 8.19. The van der Waals surface area contributed by atoms with E-state index in [4.69, 9.17) is 4.74 Å². The maximum Gasteiger partial charge on any atom is 0.0731 e. The van der Waals surface area contributed by atoms with Crippen LogP contribution in [0.15, 0.2) is 84.9 Å². The molecular formula is C29H26O. The second-order valence-corrected chi connectivity index (χ2v) is 8.19. The van der Waals surface area contributed by atoms with Gasteiger partial charge >= 0.3 is 0 Å². The summed E-state index contributed by atoms with van der Waals surface area (Å²) in [6.45, 7) is 5.81. The minimum Gasteiger partial charge on any atom is -0.372 e. The van der Waals surface area contributed by atoms with Crippen LogP contribution in [0.3, 0.4) is 0 Å². The first-order valence-electron chi connectivity index (χ1n) is 10.6. The molecule has 0 aliphatic carbocycles. The molecule has 0 atom stereocenters. The van der Waals surface area contributed by atoms with Gasteiger partial charge in [-0.15, -0.1) is 0 Å². The Labute approximate surface area is 179 Å². The van der Waals surface area contributed by atoms with Gasteiger partial charge < -0.3 is 4.74 Å². The lowest BCUT2D eigenvalue weighted by atomic mass is 9.83. The molecule has 0 bridgehead atoms. The monoisotopic (exact) mass is 390 g/mol. The van der Waals surface area contributed by atoms with Crippen molar-refractivity contribution < 1.29 is 4.74 Å². The molecule has 1 nitrogen and oxygen atoms in total. The van der Waals surface area contributed by atoms with Gasteiger partial charge in [-0.25, -0.2) is 0 Å². The van der Waals surface area contributed by atoms with Gasteiger partial charge in [0.1, 0.15) is 0 Å². The van der Waals surface area contributed by atoms with Crippen molar-refractivity contribution >= 4 is 0 Å². The number of benzene rings is 4. The van der Waals surface area contributed by atoms with Crippen molar-refractivity contribution in [1.82, 2.24) is 0 Å². The van der Waals surface area contributed by atoms with Gasteiger partial charge in [-0.2, -0.15) is 0 Å². The predicted molar refractivity (Wildman–Crippen MR) is 125 cm³/mol. The van der Waals surface area contributed by atoms with E-state index < -0.39 is 0 Å². The minimum atomic E-state index is 0.681. The van der Waals surface area contributed by atoms with Crippen LogP contribution in [0.25, 0.3) is 22.3 Å². The first kappa shape index (κ1) is 18.8. The van der Waals surface area contributed by atoms with E-state index in [0.29, 0.717) is 13.2 Å². The SMILES string of the molecule is Cc1cccc(C)c1Cc1cc(-c2ccccc2)c2c(c1-c1ccccc1)COC2. The van der Waals surface area contributed by atoms with E-state index in [0.717, 1.165) is 6.42 Å². The zero-order valence-corrected chi connectivity index (χ0v) is 17.6. The Hall–Kier alpha value is -3.16. The lowest BCUT2D eigenvalue weighted by molar-refractivity contribution is 0.135. The number of ether oxygens (including phenoxy) is 1. The number of rotatable bonds is 4. The Morgan fingerprint density at radius 1 is 0.667 bits per heavy atom. The molecule has 1 aliphatic rings. The summed E-state index contributed by atoms with van der Waals surface area (Å²) in [6, 6.07) is 30.5. The van der Waals surface area contributed by atoms with Crippen LogP contribution < -0.4 is 0 Å². The van der Waals surface area contributed by atoms with E-state index in [2.05, 4.69) is 98.8 Å². The standard InChI is InChI=1S/C29H26O/c1-20-10-9-11-21(2)25(20)16-24-17-26(22-12-5-3-6-13-22)27-18-30-19-28(27)29(24)23-14-7-4-8-15-23/h3-15,17H,16,18-19H2,1-2H3. The summed E-state index contributed by atoms with van der Waals surface area (Å²) in [5, 5.41) is 0. The summed E-state index contributed by atoms with van der Waals surface area (Å²) >= 11 is 0. The van der Waals surface area contributed by atoms with Crippen LogP contribution >= 0.6 is 0 Å². The molecule has 1 aliphatic heterocycles. The van der Waals surface area contributed by atoms with E-state index in [-0.39, 0.29) is 0 Å². The van der Waals surface area contributed by atoms with Gasteiger partial charge in [-0.05, 0) is 82.0 Å². The third-order valence-corrected chi connectivity index (χ3v) is 6.28. The quantitative estimate of drug-likeness (QED) is 0.356. The molecule has 1 heterocycles. The average Bonchev–Trinajstić information content (AvgIpc) is 3.26. The fourth-order valence-electron chi connectivity index (χ4n) is 4.72. The molecule has 4 aromatic rings. The van der Waals surface area contributed by atoms with Gasteiger partial charge in [-0.3, -0.25) is 0 Å². The van der Waals surface area contributed by atoms with E-state index in [1.54, 1.807) is 0 Å². The lowest BCUT2D eigenvalue weighted by Crippen LogP contribution is -2.03. The molecule has 0 saturated carbocycles. The Kier molecular flexibility index (Phi) is 4.98. The second kappa shape index (κ2) is 7.93. The first-order valence-corrected chi connectivity index (χ1v) is 10.6. The zero-order valence-electron chi connectivity index (χ0n) is 17.6. The van der Waals surface area contributed by atoms with Crippen molar-refractivity contribution in [2.75, 3.05) is 0 Å². The normalized spacial score (nSPS) is 12.7.